The van der Waals surface area contributed by atoms with E-state index in [1.165, 1.54) is 12.1 Å². The van der Waals surface area contributed by atoms with Crippen LogP contribution in [0.25, 0.3) is 11.1 Å². The van der Waals surface area contributed by atoms with Crippen molar-refractivity contribution in [2.45, 2.75) is 0 Å². The molecular formula is C19H14N6O3. The minimum Gasteiger partial charge on any atom is -0.423 e. The first-order chi connectivity index (χ1) is 13.6. The molecule has 4 rings (SSSR count). The first kappa shape index (κ1) is 17.3. The van der Waals surface area contributed by atoms with Crippen molar-refractivity contribution in [1.82, 2.24) is 4.98 Å². The zero-order chi connectivity index (χ0) is 19.7. The van der Waals surface area contributed by atoms with E-state index in [-0.39, 0.29) is 16.8 Å². The van der Waals surface area contributed by atoms with Crippen molar-refractivity contribution in [2.24, 2.45) is 0 Å². The van der Waals surface area contributed by atoms with Gasteiger partial charge in [0, 0.05) is 32.2 Å². The lowest BCUT2D eigenvalue weighted by atomic mass is 10.1. The SMILES string of the molecule is N#Cc1cc(N2CCN(c3nc4ccccc4o3)CC2)c([N+](=O)[O-])cc1C#N. The molecule has 1 saturated heterocycles. The Kier molecular flexibility index (Phi) is 4.26. The summed E-state index contributed by atoms with van der Waals surface area (Å²) < 4.78 is 5.79. The number of fused-ring (bicyclic) bond motifs is 1. The molecule has 0 bridgehead atoms. The molecule has 0 atom stereocenters. The van der Waals surface area contributed by atoms with Crippen LogP contribution in [0.5, 0.6) is 0 Å². The van der Waals surface area contributed by atoms with E-state index in [0.717, 1.165) is 5.52 Å². The second-order valence-electron chi connectivity index (χ2n) is 6.31. The minimum atomic E-state index is -0.523. The van der Waals surface area contributed by atoms with Crippen LogP contribution < -0.4 is 9.80 Å². The number of para-hydroxylation sites is 2. The standard InChI is InChI=1S/C19H14N6O3/c20-11-13-9-16(17(25(26)27)10-14(13)12-21)23-5-7-24(8-6-23)19-22-15-3-1-2-4-18(15)28-19/h1-4,9-10H,5-8H2. The van der Waals surface area contributed by atoms with Crippen molar-refractivity contribution in [3.8, 4) is 12.1 Å². The minimum absolute atomic E-state index is 0.00283. The van der Waals surface area contributed by atoms with Gasteiger partial charge >= 0.3 is 0 Å². The highest BCUT2D eigenvalue weighted by molar-refractivity contribution is 5.74. The van der Waals surface area contributed by atoms with Crippen molar-refractivity contribution < 1.29 is 9.34 Å². The summed E-state index contributed by atoms with van der Waals surface area (Å²) in [5.41, 5.74) is 1.79. The molecule has 0 N–H and O–H groups in total. The van der Waals surface area contributed by atoms with Crippen LogP contribution in [-0.2, 0) is 0 Å². The lowest BCUT2D eigenvalue weighted by Gasteiger charge is -2.35. The lowest BCUT2D eigenvalue weighted by molar-refractivity contribution is -0.384. The fourth-order valence-electron chi connectivity index (χ4n) is 3.30. The maximum absolute atomic E-state index is 11.5. The Bertz CT molecular complexity index is 1120. The van der Waals surface area contributed by atoms with Crippen LogP contribution in [-0.4, -0.2) is 36.1 Å². The summed E-state index contributed by atoms with van der Waals surface area (Å²) in [5.74, 6) is 0. The number of aromatic nitrogens is 1. The van der Waals surface area contributed by atoms with E-state index in [1.54, 1.807) is 0 Å². The van der Waals surface area contributed by atoms with Gasteiger partial charge < -0.3 is 14.2 Å². The maximum atomic E-state index is 11.5. The highest BCUT2D eigenvalue weighted by atomic mass is 16.6. The Morgan fingerprint density at radius 1 is 1.04 bits per heavy atom. The van der Waals surface area contributed by atoms with E-state index in [1.807, 2.05) is 46.2 Å². The van der Waals surface area contributed by atoms with Gasteiger partial charge in [0.2, 0.25) is 0 Å². The molecule has 0 amide bonds. The molecule has 1 aliphatic rings. The Hall–Kier alpha value is -4.11. The van der Waals surface area contributed by atoms with Gasteiger partial charge in [-0.15, -0.1) is 0 Å². The second-order valence-corrected chi connectivity index (χ2v) is 6.31. The Balaban J connectivity index is 1.59. The molecule has 1 fully saturated rings. The van der Waals surface area contributed by atoms with E-state index in [2.05, 4.69) is 4.98 Å². The van der Waals surface area contributed by atoms with Gasteiger partial charge in [0.1, 0.15) is 23.3 Å². The number of nitriles is 2. The van der Waals surface area contributed by atoms with Crippen LogP contribution in [0.3, 0.4) is 0 Å². The van der Waals surface area contributed by atoms with Gasteiger partial charge in [-0.3, -0.25) is 10.1 Å². The molecule has 2 aromatic carbocycles. The largest absolute Gasteiger partial charge is 0.423 e. The Labute approximate surface area is 159 Å². The van der Waals surface area contributed by atoms with Crippen molar-refractivity contribution in [1.29, 1.82) is 10.5 Å². The van der Waals surface area contributed by atoms with Crippen LogP contribution >= 0.6 is 0 Å². The van der Waals surface area contributed by atoms with Gasteiger partial charge in [0.25, 0.3) is 11.7 Å². The molecule has 9 nitrogen and oxygen atoms in total. The quantitative estimate of drug-likeness (QED) is 0.506. The molecule has 0 spiro atoms. The van der Waals surface area contributed by atoms with E-state index >= 15 is 0 Å². The molecule has 0 aliphatic carbocycles. The molecule has 0 saturated carbocycles. The van der Waals surface area contributed by atoms with Crippen LogP contribution in [0.2, 0.25) is 0 Å². The van der Waals surface area contributed by atoms with Crippen molar-refractivity contribution in [3.05, 3.63) is 57.6 Å². The van der Waals surface area contributed by atoms with E-state index in [9.17, 15) is 15.4 Å². The molecular weight excluding hydrogens is 360 g/mol. The van der Waals surface area contributed by atoms with Crippen LogP contribution in [0.15, 0.2) is 40.8 Å². The number of anilines is 2. The van der Waals surface area contributed by atoms with Crippen molar-refractivity contribution in [2.75, 3.05) is 36.0 Å². The molecule has 1 aliphatic heterocycles. The van der Waals surface area contributed by atoms with Gasteiger partial charge in [0.15, 0.2) is 5.58 Å². The summed E-state index contributed by atoms with van der Waals surface area (Å²) in [7, 11) is 0. The van der Waals surface area contributed by atoms with Gasteiger partial charge in [-0.05, 0) is 18.2 Å². The van der Waals surface area contributed by atoms with Gasteiger partial charge in [-0.1, -0.05) is 12.1 Å². The number of hydrogen-bond acceptors (Lipinski definition) is 8. The molecule has 9 heteroatoms. The highest BCUT2D eigenvalue weighted by Crippen LogP contribution is 2.33. The van der Waals surface area contributed by atoms with E-state index in [4.69, 9.17) is 9.68 Å². The first-order valence-electron chi connectivity index (χ1n) is 8.59. The monoisotopic (exact) mass is 374 g/mol. The molecule has 28 heavy (non-hydrogen) atoms. The molecule has 1 aromatic heterocycles. The Morgan fingerprint density at radius 3 is 2.32 bits per heavy atom. The molecule has 3 aromatic rings. The molecule has 138 valence electrons. The number of nitrogens with zero attached hydrogens (tertiary/aromatic N) is 6. The zero-order valence-electron chi connectivity index (χ0n) is 14.7. The lowest BCUT2D eigenvalue weighted by Crippen LogP contribution is -2.46. The Morgan fingerprint density at radius 2 is 1.68 bits per heavy atom. The summed E-state index contributed by atoms with van der Waals surface area (Å²) in [6.07, 6.45) is 0. The zero-order valence-corrected chi connectivity index (χ0v) is 14.7. The predicted octanol–water partition coefficient (Wildman–Crippen LogP) is 2.81. The third-order valence-corrected chi connectivity index (χ3v) is 4.73. The topological polar surface area (TPSA) is 123 Å². The fourth-order valence-corrected chi connectivity index (χ4v) is 3.30. The molecule has 0 radical (unpaired) electrons. The van der Waals surface area contributed by atoms with Crippen LogP contribution in [0.4, 0.5) is 17.4 Å². The number of nitro groups is 1. The number of oxazole rings is 1. The smallest absolute Gasteiger partial charge is 0.298 e. The number of rotatable bonds is 3. The first-order valence-corrected chi connectivity index (χ1v) is 8.59. The molecule has 0 unspecified atom stereocenters. The normalized spacial score (nSPS) is 13.9. The highest BCUT2D eigenvalue weighted by Gasteiger charge is 2.27. The average molecular weight is 374 g/mol. The van der Waals surface area contributed by atoms with Crippen molar-refractivity contribution >= 4 is 28.5 Å². The van der Waals surface area contributed by atoms with Gasteiger partial charge in [-0.25, -0.2) is 0 Å². The number of piperazine rings is 1. The third-order valence-electron chi connectivity index (χ3n) is 4.73. The average Bonchev–Trinajstić information content (AvgIpc) is 3.17. The second kappa shape index (κ2) is 6.89. The summed E-state index contributed by atoms with van der Waals surface area (Å²) in [5, 5.41) is 29.8. The number of nitro benzene ring substituents is 1. The summed E-state index contributed by atoms with van der Waals surface area (Å²) in [6.45, 7) is 2.12. The van der Waals surface area contributed by atoms with E-state index in [0.29, 0.717) is 43.5 Å². The van der Waals surface area contributed by atoms with Gasteiger partial charge in [-0.2, -0.15) is 15.5 Å². The van der Waals surface area contributed by atoms with Crippen LogP contribution in [0.1, 0.15) is 11.1 Å². The van der Waals surface area contributed by atoms with Crippen molar-refractivity contribution in [3.63, 3.8) is 0 Å². The fraction of sp³-hybridized carbons (Fsp3) is 0.211. The number of hydrogen-bond donors (Lipinski definition) is 0. The van der Waals surface area contributed by atoms with E-state index < -0.39 is 4.92 Å². The van der Waals surface area contributed by atoms with Gasteiger partial charge in [0.05, 0.1) is 16.1 Å². The predicted molar refractivity (Wildman–Crippen MR) is 101 cm³/mol. The maximum Gasteiger partial charge on any atom is 0.298 e. The van der Waals surface area contributed by atoms with Crippen LogP contribution in [0, 0.1) is 32.8 Å². The summed E-state index contributed by atoms with van der Waals surface area (Å²) >= 11 is 0. The molecule has 2 heterocycles. The number of benzene rings is 2. The third kappa shape index (κ3) is 2.95. The summed E-state index contributed by atoms with van der Waals surface area (Å²) in [4.78, 5) is 19.3. The summed E-state index contributed by atoms with van der Waals surface area (Å²) in [6, 6.07) is 14.4.